The number of carbonyl (C=O) groups excluding carboxylic acids is 1. The molecular formula is C15H12ClF3N4O3. The normalized spacial score (nSPS) is 11.0. The first kappa shape index (κ1) is 19.3. The number of alkyl halides is 3. The molecule has 7 nitrogen and oxygen atoms in total. The predicted molar refractivity (Wildman–Crippen MR) is 89.8 cm³/mol. The van der Waals surface area contributed by atoms with E-state index < -0.39 is 12.1 Å². The maximum atomic E-state index is 11.6. The lowest BCUT2D eigenvalue weighted by Crippen LogP contribution is -2.31. The molecule has 0 spiro atoms. The molecule has 11 heteroatoms. The minimum Gasteiger partial charge on any atom is -0.475 e. The lowest BCUT2D eigenvalue weighted by molar-refractivity contribution is -0.192. The number of carboxylic acid groups (broad SMARTS) is 1. The van der Waals surface area contributed by atoms with Gasteiger partial charge in [0.05, 0.1) is 17.2 Å². The maximum absolute atomic E-state index is 11.6. The summed E-state index contributed by atoms with van der Waals surface area (Å²) >= 11 is 6.03. The Morgan fingerprint density at radius 1 is 1.19 bits per heavy atom. The fourth-order valence-corrected chi connectivity index (χ4v) is 2.28. The van der Waals surface area contributed by atoms with E-state index in [9.17, 15) is 18.0 Å². The van der Waals surface area contributed by atoms with E-state index >= 15 is 0 Å². The minimum absolute atomic E-state index is 0.303. The fourth-order valence-electron chi connectivity index (χ4n) is 2.12. The van der Waals surface area contributed by atoms with Crippen molar-refractivity contribution in [1.29, 1.82) is 0 Å². The van der Waals surface area contributed by atoms with Crippen LogP contribution in [0.5, 0.6) is 0 Å². The first-order valence-corrected chi connectivity index (χ1v) is 7.35. The molecular weight excluding hydrogens is 377 g/mol. The zero-order valence-electron chi connectivity index (χ0n) is 13.1. The Hall–Kier alpha value is -3.01. The molecule has 138 valence electrons. The molecule has 0 aliphatic rings. The van der Waals surface area contributed by atoms with E-state index in [1.54, 1.807) is 24.1 Å². The Morgan fingerprint density at radius 3 is 2.38 bits per heavy atom. The van der Waals surface area contributed by atoms with Gasteiger partial charge < -0.3 is 10.4 Å². The van der Waals surface area contributed by atoms with Crippen molar-refractivity contribution in [3.63, 3.8) is 0 Å². The number of aliphatic carboxylic acids is 1. The summed E-state index contributed by atoms with van der Waals surface area (Å²) in [4.78, 5) is 24.5. The Balaban J connectivity index is 0.000000298. The first-order chi connectivity index (χ1) is 12.1. The van der Waals surface area contributed by atoms with Crippen LogP contribution in [0.25, 0.3) is 21.8 Å². The van der Waals surface area contributed by atoms with Gasteiger partial charge in [-0.1, -0.05) is 17.7 Å². The Bertz CT molecular complexity index is 972. The van der Waals surface area contributed by atoms with Gasteiger partial charge in [0.1, 0.15) is 0 Å². The number of urea groups is 1. The van der Waals surface area contributed by atoms with Gasteiger partial charge in [0.15, 0.2) is 0 Å². The van der Waals surface area contributed by atoms with Crippen molar-refractivity contribution in [3.8, 4) is 0 Å². The molecule has 3 N–H and O–H groups in total. The van der Waals surface area contributed by atoms with E-state index in [1.165, 1.54) is 0 Å². The highest BCUT2D eigenvalue weighted by Crippen LogP contribution is 2.29. The van der Waals surface area contributed by atoms with Crippen LogP contribution in [0.2, 0.25) is 5.02 Å². The van der Waals surface area contributed by atoms with Crippen molar-refractivity contribution in [2.24, 2.45) is 0 Å². The van der Waals surface area contributed by atoms with Gasteiger partial charge in [-0.3, -0.25) is 4.98 Å². The van der Waals surface area contributed by atoms with Gasteiger partial charge >= 0.3 is 18.2 Å². The molecule has 2 amide bonds. The quantitative estimate of drug-likeness (QED) is 0.595. The van der Waals surface area contributed by atoms with Crippen LogP contribution in [0.4, 0.5) is 18.0 Å². The molecule has 0 aliphatic heterocycles. The van der Waals surface area contributed by atoms with E-state index in [1.807, 2.05) is 24.3 Å². The van der Waals surface area contributed by atoms with Gasteiger partial charge in [-0.25, -0.2) is 19.7 Å². The van der Waals surface area contributed by atoms with Gasteiger partial charge in [0, 0.05) is 29.0 Å². The lowest BCUT2D eigenvalue weighted by atomic mass is 10.2. The summed E-state index contributed by atoms with van der Waals surface area (Å²) in [5.41, 5.74) is 4.41. The number of carboxylic acids is 1. The van der Waals surface area contributed by atoms with Crippen molar-refractivity contribution in [2.45, 2.75) is 6.18 Å². The highest BCUT2D eigenvalue weighted by Gasteiger charge is 2.38. The van der Waals surface area contributed by atoms with E-state index in [-0.39, 0.29) is 6.03 Å². The molecule has 0 unspecified atom stereocenters. The molecule has 1 aromatic carbocycles. The van der Waals surface area contributed by atoms with E-state index in [0.717, 1.165) is 21.8 Å². The molecule has 2 aromatic heterocycles. The highest BCUT2D eigenvalue weighted by atomic mass is 35.5. The van der Waals surface area contributed by atoms with Gasteiger partial charge in [-0.05, 0) is 18.2 Å². The van der Waals surface area contributed by atoms with Gasteiger partial charge in [0.25, 0.3) is 0 Å². The van der Waals surface area contributed by atoms with E-state index in [4.69, 9.17) is 21.5 Å². The summed E-state index contributed by atoms with van der Waals surface area (Å²) in [6.45, 7) is 0. The summed E-state index contributed by atoms with van der Waals surface area (Å²) in [6, 6.07) is 7.18. The van der Waals surface area contributed by atoms with Crippen molar-refractivity contribution >= 4 is 45.4 Å². The number of pyridine rings is 1. The molecule has 0 saturated carbocycles. The van der Waals surface area contributed by atoms with Crippen LogP contribution in [0, 0.1) is 0 Å². The van der Waals surface area contributed by atoms with Crippen LogP contribution in [0.3, 0.4) is 0 Å². The third-order valence-corrected chi connectivity index (χ3v) is 3.45. The molecule has 3 rings (SSSR count). The molecule has 0 aliphatic carbocycles. The topological polar surface area (TPSA) is 96.3 Å². The van der Waals surface area contributed by atoms with E-state index in [0.29, 0.717) is 5.02 Å². The Morgan fingerprint density at radius 2 is 1.81 bits per heavy atom. The van der Waals surface area contributed by atoms with Crippen LogP contribution in [-0.4, -0.2) is 40.0 Å². The largest absolute Gasteiger partial charge is 0.490 e. The van der Waals surface area contributed by atoms with Crippen LogP contribution in [0.15, 0.2) is 36.7 Å². The number of amides is 2. The number of aromatic nitrogens is 2. The molecule has 0 saturated heterocycles. The second-order valence-corrected chi connectivity index (χ2v) is 5.32. The van der Waals surface area contributed by atoms with Crippen LogP contribution >= 0.6 is 11.6 Å². The molecule has 0 radical (unpaired) electrons. The molecule has 2 heterocycles. The molecule has 0 fully saturated rings. The SMILES string of the molecule is CNC(=O)Nn1c2cnccc2c2ccc(Cl)cc21.O=C(O)C(F)(F)F. The summed E-state index contributed by atoms with van der Waals surface area (Å²) in [7, 11) is 1.56. The van der Waals surface area contributed by atoms with E-state index in [2.05, 4.69) is 15.7 Å². The summed E-state index contributed by atoms with van der Waals surface area (Å²) < 4.78 is 33.4. The summed E-state index contributed by atoms with van der Waals surface area (Å²) in [5, 5.41) is 12.3. The number of halogens is 4. The summed E-state index contributed by atoms with van der Waals surface area (Å²) in [6.07, 6.45) is -1.65. The highest BCUT2D eigenvalue weighted by molar-refractivity contribution is 6.31. The zero-order chi connectivity index (χ0) is 19.5. The Kier molecular flexibility index (Phi) is 5.56. The minimum atomic E-state index is -5.08. The average Bonchev–Trinajstić information content (AvgIpc) is 2.88. The number of carbonyl (C=O) groups is 2. The number of hydrogen-bond donors (Lipinski definition) is 3. The van der Waals surface area contributed by atoms with Crippen molar-refractivity contribution in [2.75, 3.05) is 12.5 Å². The number of hydrogen-bond acceptors (Lipinski definition) is 3. The van der Waals surface area contributed by atoms with Gasteiger partial charge in [-0.15, -0.1) is 0 Å². The smallest absolute Gasteiger partial charge is 0.475 e. The molecule has 26 heavy (non-hydrogen) atoms. The zero-order valence-corrected chi connectivity index (χ0v) is 13.9. The number of nitrogens with one attached hydrogen (secondary N) is 2. The second-order valence-electron chi connectivity index (χ2n) is 4.88. The molecule has 0 bridgehead atoms. The van der Waals surface area contributed by atoms with Gasteiger partial charge in [0.2, 0.25) is 0 Å². The molecule has 0 atom stereocenters. The third-order valence-electron chi connectivity index (χ3n) is 3.21. The third kappa shape index (κ3) is 4.14. The number of fused-ring (bicyclic) bond motifs is 3. The van der Waals surface area contributed by atoms with Crippen LogP contribution < -0.4 is 10.7 Å². The monoisotopic (exact) mass is 388 g/mol. The first-order valence-electron chi connectivity index (χ1n) is 6.97. The average molecular weight is 389 g/mol. The van der Waals surface area contributed by atoms with Crippen molar-refractivity contribution < 1.29 is 27.9 Å². The second kappa shape index (κ2) is 7.48. The number of rotatable bonds is 1. The molecule has 3 aromatic rings. The Labute approximate surface area is 149 Å². The van der Waals surface area contributed by atoms with Crippen molar-refractivity contribution in [1.82, 2.24) is 15.0 Å². The standard InChI is InChI=1S/C13H11ClN4O.C2HF3O2/c1-15-13(19)17-18-11-6-8(14)2-3-9(11)10-4-5-16-7-12(10)18;3-2(4,5)1(6)7/h2-7H,1H3,(H2,15,17,19);(H,6,7). The lowest BCUT2D eigenvalue weighted by Gasteiger charge is -2.08. The fraction of sp³-hybridized carbons (Fsp3) is 0.133. The summed E-state index contributed by atoms with van der Waals surface area (Å²) in [5.74, 6) is -2.76. The number of nitrogens with zero attached hydrogens (tertiary/aromatic N) is 2. The number of benzene rings is 1. The van der Waals surface area contributed by atoms with Crippen molar-refractivity contribution in [3.05, 3.63) is 41.7 Å². The predicted octanol–water partition coefficient (Wildman–Crippen LogP) is 3.36. The van der Waals surface area contributed by atoms with Gasteiger partial charge in [-0.2, -0.15) is 13.2 Å². The van der Waals surface area contributed by atoms with Crippen LogP contribution in [0.1, 0.15) is 0 Å². The van der Waals surface area contributed by atoms with Crippen LogP contribution in [-0.2, 0) is 4.79 Å². The maximum Gasteiger partial charge on any atom is 0.490 e.